The van der Waals surface area contributed by atoms with Crippen molar-refractivity contribution in [3.05, 3.63) is 175 Å². The number of ether oxygens (including phenoxy) is 2. The van der Waals surface area contributed by atoms with Gasteiger partial charge in [0.15, 0.2) is 0 Å². The normalized spacial score (nSPS) is 11.5. The summed E-state index contributed by atoms with van der Waals surface area (Å²) in [6.07, 6.45) is 3.81. The Balaban J connectivity index is 1.10. The number of fused-ring (bicyclic) bond motifs is 6. The largest absolute Gasteiger partial charge is 0.462 e. The van der Waals surface area contributed by atoms with Crippen molar-refractivity contribution in [1.29, 1.82) is 0 Å². The van der Waals surface area contributed by atoms with E-state index in [0.29, 0.717) is 75.4 Å². The molecular formula is C48H34Cl2N2O6S4. The molecule has 0 saturated heterocycles. The Hall–Kier alpha value is -5.34. The lowest BCUT2D eigenvalue weighted by Crippen LogP contribution is -2.06. The van der Waals surface area contributed by atoms with Crippen LogP contribution in [0.25, 0.3) is 32.8 Å². The summed E-state index contributed by atoms with van der Waals surface area (Å²) in [5.41, 5.74) is 6.69. The molecule has 310 valence electrons. The van der Waals surface area contributed by atoms with Crippen LogP contribution in [0.15, 0.2) is 130 Å². The molecule has 0 fully saturated rings. The first kappa shape index (κ1) is 42.0. The van der Waals surface area contributed by atoms with Crippen LogP contribution in [0.4, 0.5) is 0 Å². The van der Waals surface area contributed by atoms with Gasteiger partial charge in [-0.05, 0) is 97.8 Å². The highest BCUT2D eigenvalue weighted by molar-refractivity contribution is 8.01. The Bertz CT molecular complexity index is 3000. The van der Waals surface area contributed by atoms with E-state index in [0.717, 1.165) is 30.6 Å². The number of thiophene rings is 2. The molecule has 6 heterocycles. The lowest BCUT2D eigenvalue weighted by atomic mass is 10.1. The van der Waals surface area contributed by atoms with Crippen LogP contribution in [-0.4, -0.2) is 45.5 Å². The number of carbonyl (C=O) groups is 4. The summed E-state index contributed by atoms with van der Waals surface area (Å²) < 4.78 is 16.8. The topological polar surface area (TPSA) is 95.6 Å². The number of aromatic nitrogens is 2. The second kappa shape index (κ2) is 17.8. The first-order valence-corrected chi connectivity index (χ1v) is 23.9. The highest BCUT2D eigenvalue weighted by atomic mass is 35.5. The minimum absolute atomic E-state index is 0.190. The Morgan fingerprint density at radius 2 is 0.935 bits per heavy atom. The number of hydrogen-bond acceptors (Lipinski definition) is 10. The molecule has 0 amide bonds. The number of rotatable bonds is 14. The summed E-state index contributed by atoms with van der Waals surface area (Å²) in [4.78, 5) is 56.7. The van der Waals surface area contributed by atoms with Crippen LogP contribution < -0.4 is 0 Å². The summed E-state index contributed by atoms with van der Waals surface area (Å²) in [6.45, 7) is 3.91. The number of ketones is 2. The Morgan fingerprint density at radius 3 is 1.32 bits per heavy atom. The first-order chi connectivity index (χ1) is 30.2. The van der Waals surface area contributed by atoms with Crippen LogP contribution in [-0.2, 0) is 21.0 Å². The van der Waals surface area contributed by atoms with E-state index in [9.17, 15) is 19.2 Å². The molecule has 0 aliphatic carbocycles. The summed E-state index contributed by atoms with van der Waals surface area (Å²) in [5.74, 6) is -0.254. The lowest BCUT2D eigenvalue weighted by molar-refractivity contribution is 0.0521. The van der Waals surface area contributed by atoms with E-state index < -0.39 is 11.9 Å². The summed E-state index contributed by atoms with van der Waals surface area (Å²) >= 11 is 18.3. The van der Waals surface area contributed by atoms with E-state index >= 15 is 0 Å². The van der Waals surface area contributed by atoms with E-state index in [1.54, 1.807) is 85.9 Å². The maximum Gasteiger partial charge on any atom is 0.341 e. The van der Waals surface area contributed by atoms with Crippen molar-refractivity contribution in [2.75, 3.05) is 13.2 Å². The third kappa shape index (κ3) is 7.63. The smallest absolute Gasteiger partial charge is 0.341 e. The van der Waals surface area contributed by atoms with E-state index in [1.807, 2.05) is 69.7 Å². The molecule has 3 aromatic carbocycles. The number of halogens is 2. The van der Waals surface area contributed by atoms with Crippen molar-refractivity contribution in [1.82, 2.24) is 8.80 Å². The fourth-order valence-corrected chi connectivity index (χ4v) is 12.9. The second-order valence-electron chi connectivity index (χ2n) is 14.0. The summed E-state index contributed by atoms with van der Waals surface area (Å²) in [5, 5.41) is 2.18. The van der Waals surface area contributed by atoms with Crippen LogP contribution in [0.1, 0.15) is 76.2 Å². The van der Waals surface area contributed by atoms with E-state index in [4.69, 9.17) is 32.7 Å². The van der Waals surface area contributed by atoms with Crippen LogP contribution in [0.5, 0.6) is 0 Å². The Morgan fingerprint density at radius 1 is 0.548 bits per heavy atom. The molecule has 0 radical (unpaired) electrons. The number of nitrogens with zero attached hydrogens (tertiary/aromatic N) is 2. The minimum atomic E-state index is -0.487. The van der Waals surface area contributed by atoms with Gasteiger partial charge in [0.25, 0.3) is 0 Å². The van der Waals surface area contributed by atoms with Crippen molar-refractivity contribution in [3.63, 3.8) is 0 Å². The standard InChI is InChI=1S/C48H34Cl2N2O6S4/c1-3-57-45(55)35-33-13-7-9-23-51(33)39-37(35)43(41(53)27-15-19-31(49)20-16-27)61-47(39)59-25-29-11-5-6-12-30(29)26-60-48-40-38(44(62-48)42(54)28-17-21-32(50)22-18-28)36(46(56)58-4-2)34-14-8-10-24-52(34)40/h5-24H,3-4,25-26H2,1-2H3. The van der Waals surface area contributed by atoms with Crippen molar-refractivity contribution in [3.8, 4) is 0 Å². The highest BCUT2D eigenvalue weighted by Crippen LogP contribution is 2.47. The molecule has 0 spiro atoms. The predicted molar refractivity (Wildman–Crippen MR) is 253 cm³/mol. The van der Waals surface area contributed by atoms with Crippen LogP contribution in [0.3, 0.4) is 0 Å². The number of benzene rings is 3. The van der Waals surface area contributed by atoms with Gasteiger partial charge in [0.05, 0.1) is 64.6 Å². The van der Waals surface area contributed by atoms with Gasteiger partial charge >= 0.3 is 11.9 Å². The van der Waals surface area contributed by atoms with Crippen LogP contribution >= 0.6 is 69.4 Å². The molecule has 14 heteroatoms. The van der Waals surface area contributed by atoms with Gasteiger partial charge in [-0.3, -0.25) is 9.59 Å². The molecule has 0 saturated carbocycles. The van der Waals surface area contributed by atoms with E-state index in [1.165, 1.54) is 22.7 Å². The molecule has 0 atom stereocenters. The molecule has 0 bridgehead atoms. The lowest BCUT2D eigenvalue weighted by Gasteiger charge is -2.09. The van der Waals surface area contributed by atoms with Gasteiger partial charge in [-0.15, -0.1) is 46.2 Å². The minimum Gasteiger partial charge on any atom is -0.462 e. The molecule has 62 heavy (non-hydrogen) atoms. The maximum absolute atomic E-state index is 14.3. The van der Waals surface area contributed by atoms with E-state index in [-0.39, 0.29) is 24.8 Å². The molecule has 0 aliphatic rings. The summed E-state index contributed by atoms with van der Waals surface area (Å²) in [6, 6.07) is 33.0. The van der Waals surface area contributed by atoms with Crippen molar-refractivity contribution in [2.45, 2.75) is 33.8 Å². The molecule has 0 N–H and O–H groups in total. The van der Waals surface area contributed by atoms with Gasteiger partial charge in [0.2, 0.25) is 11.6 Å². The van der Waals surface area contributed by atoms with Gasteiger partial charge in [0, 0.05) is 55.8 Å². The van der Waals surface area contributed by atoms with Crippen molar-refractivity contribution < 1.29 is 28.7 Å². The monoisotopic (exact) mass is 932 g/mol. The molecule has 0 unspecified atom stereocenters. The number of pyridine rings is 2. The fraction of sp³-hybridized carbons (Fsp3) is 0.125. The molecular weight excluding hydrogens is 900 g/mol. The SMILES string of the molecule is CCOC(=O)c1c2c(C(=O)c3ccc(Cl)cc3)sc(SCc3ccccc3CSc3sc(C(=O)c4ccc(Cl)cc4)c4c(C(=O)OCC)c5ccccn5c34)c2n2ccccc12. The van der Waals surface area contributed by atoms with Gasteiger partial charge in [-0.25, -0.2) is 9.59 Å². The maximum atomic E-state index is 14.3. The molecule has 0 aliphatic heterocycles. The third-order valence-electron chi connectivity index (χ3n) is 10.3. The number of esters is 2. The zero-order valence-corrected chi connectivity index (χ0v) is 37.9. The molecule has 9 rings (SSSR count). The van der Waals surface area contributed by atoms with E-state index in [2.05, 4.69) is 12.1 Å². The Labute approximate surface area is 382 Å². The zero-order chi connectivity index (χ0) is 43.1. The number of carbonyl (C=O) groups excluding carboxylic acids is 4. The average Bonchev–Trinajstić information content (AvgIpc) is 4.03. The average molecular weight is 934 g/mol. The first-order valence-electron chi connectivity index (χ1n) is 19.6. The van der Waals surface area contributed by atoms with Gasteiger partial charge in [-0.1, -0.05) is 59.6 Å². The quantitative estimate of drug-likeness (QED) is 0.0604. The third-order valence-corrected chi connectivity index (χ3v) is 15.8. The predicted octanol–water partition coefficient (Wildman–Crippen LogP) is 13.3. The van der Waals surface area contributed by atoms with Crippen molar-refractivity contribution in [2.24, 2.45) is 0 Å². The highest BCUT2D eigenvalue weighted by Gasteiger charge is 2.31. The summed E-state index contributed by atoms with van der Waals surface area (Å²) in [7, 11) is 0. The van der Waals surface area contributed by atoms with Gasteiger partial charge in [-0.2, -0.15) is 0 Å². The van der Waals surface area contributed by atoms with Crippen LogP contribution in [0.2, 0.25) is 10.0 Å². The zero-order valence-electron chi connectivity index (χ0n) is 33.1. The molecule has 8 nitrogen and oxygen atoms in total. The fourth-order valence-electron chi connectivity index (χ4n) is 7.57. The van der Waals surface area contributed by atoms with Gasteiger partial charge < -0.3 is 18.3 Å². The van der Waals surface area contributed by atoms with Crippen LogP contribution in [0, 0.1) is 0 Å². The van der Waals surface area contributed by atoms with Gasteiger partial charge in [0.1, 0.15) is 0 Å². The molecule has 6 aromatic heterocycles. The molecule has 9 aromatic rings. The second-order valence-corrected chi connectivity index (χ2v) is 19.4. The van der Waals surface area contributed by atoms with Crippen molar-refractivity contribution >= 4 is 126 Å². The number of hydrogen-bond donors (Lipinski definition) is 0. The Kier molecular flexibility index (Phi) is 12.1. The number of thioether (sulfide) groups is 2.